The van der Waals surface area contributed by atoms with Crippen LogP contribution in [-0.4, -0.2) is 16.1 Å². The topological polar surface area (TPSA) is 59.4 Å². The molecule has 0 radical (unpaired) electrons. The van der Waals surface area contributed by atoms with Gasteiger partial charge in [-0.05, 0) is 12.1 Å². The summed E-state index contributed by atoms with van der Waals surface area (Å²) in [6, 6.07) is 5.25. The quantitative estimate of drug-likeness (QED) is 0.911. The zero-order chi connectivity index (χ0) is 13.1. The molecular weight excluding hydrogens is 244 g/mol. The van der Waals surface area contributed by atoms with Gasteiger partial charge in [-0.1, -0.05) is 0 Å². The molecule has 1 N–H and O–H groups in total. The molecule has 2 rings (SSSR count). The summed E-state index contributed by atoms with van der Waals surface area (Å²) in [5, 5.41) is 8.88. The second-order valence-electron chi connectivity index (χ2n) is 3.37. The number of aromatic carboxylic acids is 1. The van der Waals surface area contributed by atoms with Gasteiger partial charge in [-0.3, -0.25) is 0 Å². The predicted octanol–water partition coefficient (Wildman–Crippen LogP) is 2.85. The Labute approximate surface area is 100 Å². The molecule has 18 heavy (non-hydrogen) atoms. The van der Waals surface area contributed by atoms with E-state index in [1.807, 2.05) is 0 Å². The fraction of sp³-hybridized carbons (Fsp3) is 0. The number of hydrogen-bond donors (Lipinski definition) is 1. The molecule has 0 amide bonds. The fourth-order valence-electron chi connectivity index (χ4n) is 1.33. The molecule has 4 nitrogen and oxygen atoms in total. The highest BCUT2D eigenvalue weighted by Crippen LogP contribution is 2.24. The van der Waals surface area contributed by atoms with Gasteiger partial charge in [0, 0.05) is 24.4 Å². The number of rotatable bonds is 3. The molecule has 1 heterocycles. The van der Waals surface area contributed by atoms with Gasteiger partial charge >= 0.3 is 5.97 Å². The first-order valence-corrected chi connectivity index (χ1v) is 4.88. The van der Waals surface area contributed by atoms with E-state index in [1.165, 1.54) is 18.3 Å². The van der Waals surface area contributed by atoms with Gasteiger partial charge in [0.15, 0.2) is 0 Å². The van der Waals surface area contributed by atoms with E-state index in [0.29, 0.717) is 6.07 Å². The highest BCUT2D eigenvalue weighted by atomic mass is 19.1. The van der Waals surface area contributed by atoms with Gasteiger partial charge in [0.05, 0.1) is 0 Å². The van der Waals surface area contributed by atoms with Crippen LogP contribution in [-0.2, 0) is 0 Å². The van der Waals surface area contributed by atoms with Crippen LogP contribution in [0.1, 0.15) is 10.4 Å². The van der Waals surface area contributed by atoms with Crippen LogP contribution in [0.25, 0.3) is 0 Å². The Morgan fingerprint density at radius 1 is 1.22 bits per heavy atom. The van der Waals surface area contributed by atoms with E-state index in [-0.39, 0.29) is 17.2 Å². The SMILES string of the molecule is O=C(O)c1cccnc1Oc1cc(F)cc(F)c1. The first-order chi connectivity index (χ1) is 8.56. The Kier molecular flexibility index (Phi) is 3.18. The van der Waals surface area contributed by atoms with Crippen LogP contribution >= 0.6 is 0 Å². The maximum Gasteiger partial charge on any atom is 0.341 e. The summed E-state index contributed by atoms with van der Waals surface area (Å²) in [4.78, 5) is 14.6. The molecule has 0 aliphatic heterocycles. The van der Waals surface area contributed by atoms with E-state index >= 15 is 0 Å². The van der Waals surface area contributed by atoms with Crippen molar-refractivity contribution in [2.75, 3.05) is 0 Å². The highest BCUT2D eigenvalue weighted by Gasteiger charge is 2.13. The lowest BCUT2D eigenvalue weighted by atomic mass is 10.2. The van der Waals surface area contributed by atoms with Gasteiger partial charge in [-0.2, -0.15) is 0 Å². The van der Waals surface area contributed by atoms with Gasteiger partial charge < -0.3 is 9.84 Å². The van der Waals surface area contributed by atoms with Crippen LogP contribution in [0.2, 0.25) is 0 Å². The zero-order valence-electron chi connectivity index (χ0n) is 8.93. The van der Waals surface area contributed by atoms with Gasteiger partial charge in [0.25, 0.3) is 0 Å². The Bertz CT molecular complexity index is 581. The summed E-state index contributed by atoms with van der Waals surface area (Å²) in [7, 11) is 0. The summed E-state index contributed by atoms with van der Waals surface area (Å²) in [6.45, 7) is 0. The number of carboxylic acid groups (broad SMARTS) is 1. The van der Waals surface area contributed by atoms with Gasteiger partial charge in [-0.25, -0.2) is 18.6 Å². The van der Waals surface area contributed by atoms with Gasteiger partial charge in [0.1, 0.15) is 22.9 Å². The number of aromatic nitrogens is 1. The molecule has 0 bridgehead atoms. The molecule has 0 fully saturated rings. The number of hydrogen-bond acceptors (Lipinski definition) is 3. The van der Waals surface area contributed by atoms with Crippen molar-refractivity contribution in [3.8, 4) is 11.6 Å². The van der Waals surface area contributed by atoms with E-state index in [1.54, 1.807) is 0 Å². The second-order valence-corrected chi connectivity index (χ2v) is 3.37. The van der Waals surface area contributed by atoms with Gasteiger partial charge in [0.2, 0.25) is 5.88 Å². The van der Waals surface area contributed by atoms with Crippen LogP contribution in [0.15, 0.2) is 36.5 Å². The highest BCUT2D eigenvalue weighted by molar-refractivity contribution is 5.90. The molecule has 92 valence electrons. The second kappa shape index (κ2) is 4.79. The fourth-order valence-corrected chi connectivity index (χ4v) is 1.33. The minimum absolute atomic E-state index is 0.159. The standard InChI is InChI=1S/C12H7F2NO3/c13-7-4-8(14)6-9(5-7)18-11-10(12(16)17)2-1-3-15-11/h1-6H,(H,16,17). The van der Waals surface area contributed by atoms with Crippen LogP contribution in [0.5, 0.6) is 11.6 Å². The number of carbonyl (C=O) groups is 1. The summed E-state index contributed by atoms with van der Waals surface area (Å²) in [6.07, 6.45) is 1.32. The van der Waals surface area contributed by atoms with Crippen LogP contribution in [0.4, 0.5) is 8.78 Å². The summed E-state index contributed by atoms with van der Waals surface area (Å²) in [5.41, 5.74) is -0.192. The average Bonchev–Trinajstić information content (AvgIpc) is 2.27. The van der Waals surface area contributed by atoms with Crippen molar-refractivity contribution in [1.82, 2.24) is 4.98 Å². The van der Waals surface area contributed by atoms with E-state index in [2.05, 4.69) is 4.98 Å². The van der Waals surface area contributed by atoms with Crippen LogP contribution in [0, 0.1) is 11.6 Å². The van der Waals surface area contributed by atoms with E-state index in [4.69, 9.17) is 9.84 Å². The van der Waals surface area contributed by atoms with Crippen molar-refractivity contribution < 1.29 is 23.4 Å². The third-order valence-corrected chi connectivity index (χ3v) is 2.05. The molecule has 6 heteroatoms. The monoisotopic (exact) mass is 251 g/mol. The summed E-state index contributed by atoms with van der Waals surface area (Å²) < 4.78 is 30.9. The minimum Gasteiger partial charge on any atom is -0.477 e. The number of carboxylic acids is 1. The number of nitrogens with zero attached hydrogens (tertiary/aromatic N) is 1. The first kappa shape index (κ1) is 12.0. The molecular formula is C12H7F2NO3. The third kappa shape index (κ3) is 2.60. The normalized spacial score (nSPS) is 10.1. The van der Waals surface area contributed by atoms with Crippen molar-refractivity contribution >= 4 is 5.97 Å². The number of ether oxygens (including phenoxy) is 1. The molecule has 0 aliphatic rings. The molecule has 2 aromatic rings. The minimum atomic E-state index is -1.24. The van der Waals surface area contributed by atoms with Crippen LogP contribution in [0.3, 0.4) is 0 Å². The van der Waals surface area contributed by atoms with Crippen molar-refractivity contribution in [1.29, 1.82) is 0 Å². The van der Waals surface area contributed by atoms with E-state index in [9.17, 15) is 13.6 Å². The Morgan fingerprint density at radius 3 is 2.50 bits per heavy atom. The molecule has 0 aliphatic carbocycles. The smallest absolute Gasteiger partial charge is 0.341 e. The Hall–Kier alpha value is -2.50. The maximum atomic E-state index is 12.9. The molecule has 1 aromatic carbocycles. The molecule has 0 unspecified atom stereocenters. The molecule has 1 aromatic heterocycles. The average molecular weight is 251 g/mol. The molecule has 0 spiro atoms. The van der Waals surface area contributed by atoms with Crippen molar-refractivity contribution in [2.45, 2.75) is 0 Å². The van der Waals surface area contributed by atoms with Crippen LogP contribution < -0.4 is 4.74 Å². The van der Waals surface area contributed by atoms with Crippen molar-refractivity contribution in [3.05, 3.63) is 53.7 Å². The summed E-state index contributed by atoms with van der Waals surface area (Å²) in [5.74, 6) is -3.27. The van der Waals surface area contributed by atoms with E-state index < -0.39 is 17.6 Å². The Balaban J connectivity index is 2.37. The predicted molar refractivity (Wildman–Crippen MR) is 57.6 cm³/mol. The van der Waals surface area contributed by atoms with Crippen molar-refractivity contribution in [3.63, 3.8) is 0 Å². The summed E-state index contributed by atoms with van der Waals surface area (Å²) >= 11 is 0. The van der Waals surface area contributed by atoms with E-state index in [0.717, 1.165) is 12.1 Å². The van der Waals surface area contributed by atoms with Crippen molar-refractivity contribution in [2.24, 2.45) is 0 Å². The number of benzene rings is 1. The largest absolute Gasteiger partial charge is 0.477 e. The van der Waals surface area contributed by atoms with Gasteiger partial charge in [-0.15, -0.1) is 0 Å². The maximum absolute atomic E-state index is 12.9. The number of pyridine rings is 1. The zero-order valence-corrected chi connectivity index (χ0v) is 8.93. The lowest BCUT2D eigenvalue weighted by Gasteiger charge is -2.07. The third-order valence-electron chi connectivity index (χ3n) is 2.05. The first-order valence-electron chi connectivity index (χ1n) is 4.88. The lowest BCUT2D eigenvalue weighted by Crippen LogP contribution is -2.01. The molecule has 0 saturated heterocycles. The molecule has 0 atom stereocenters. The Morgan fingerprint density at radius 2 is 1.89 bits per heavy atom. The lowest BCUT2D eigenvalue weighted by molar-refractivity contribution is 0.0693. The molecule has 0 saturated carbocycles. The number of halogens is 2.